The third-order valence-corrected chi connectivity index (χ3v) is 5.05. The molecule has 0 fully saturated rings. The van der Waals surface area contributed by atoms with Crippen molar-refractivity contribution in [1.29, 1.82) is 0 Å². The van der Waals surface area contributed by atoms with Crippen LogP contribution in [0.2, 0.25) is 0 Å². The molecule has 1 N–H and O–H groups in total. The third kappa shape index (κ3) is 4.42. The zero-order valence-corrected chi connectivity index (χ0v) is 14.4. The standard InChI is InChI=1S/C18H21NO3S/c1-4-15-12(2)10-16(23-15)18(21)19-14(11-17(20)22-3)13-8-6-5-7-9-13/h5-10,14H,4,11H2,1-3H3,(H,19,21). The normalized spacial score (nSPS) is 11.8. The molecule has 0 saturated carbocycles. The first kappa shape index (κ1) is 17.2. The molecule has 0 radical (unpaired) electrons. The Labute approximate surface area is 140 Å². The number of esters is 1. The van der Waals surface area contributed by atoms with Crippen molar-refractivity contribution >= 4 is 23.2 Å². The molecule has 2 aromatic rings. The highest BCUT2D eigenvalue weighted by molar-refractivity contribution is 7.14. The predicted octanol–water partition coefficient (Wildman–Crippen LogP) is 3.65. The summed E-state index contributed by atoms with van der Waals surface area (Å²) in [6.07, 6.45) is 1.02. The Bertz CT molecular complexity index is 679. The van der Waals surface area contributed by atoms with Crippen LogP contribution in [0.5, 0.6) is 0 Å². The van der Waals surface area contributed by atoms with Gasteiger partial charge in [0.25, 0.3) is 5.91 Å². The third-order valence-electron chi connectivity index (χ3n) is 3.67. The Kier molecular flexibility index (Phi) is 5.93. The van der Waals surface area contributed by atoms with Crippen LogP contribution in [0.25, 0.3) is 0 Å². The van der Waals surface area contributed by atoms with Gasteiger partial charge in [0.15, 0.2) is 0 Å². The van der Waals surface area contributed by atoms with E-state index >= 15 is 0 Å². The van der Waals surface area contributed by atoms with Gasteiger partial charge in [-0.15, -0.1) is 11.3 Å². The molecule has 23 heavy (non-hydrogen) atoms. The number of ether oxygens (including phenoxy) is 1. The second-order valence-electron chi connectivity index (χ2n) is 5.29. The van der Waals surface area contributed by atoms with E-state index in [4.69, 9.17) is 4.74 Å². The zero-order valence-electron chi connectivity index (χ0n) is 13.6. The van der Waals surface area contributed by atoms with Crippen molar-refractivity contribution in [2.24, 2.45) is 0 Å². The summed E-state index contributed by atoms with van der Waals surface area (Å²) >= 11 is 1.50. The smallest absolute Gasteiger partial charge is 0.307 e. The number of hydrogen-bond donors (Lipinski definition) is 1. The lowest BCUT2D eigenvalue weighted by Crippen LogP contribution is -2.30. The lowest BCUT2D eigenvalue weighted by molar-refractivity contribution is -0.141. The molecule has 4 nitrogen and oxygen atoms in total. The summed E-state index contributed by atoms with van der Waals surface area (Å²) < 4.78 is 4.74. The van der Waals surface area contributed by atoms with E-state index in [0.29, 0.717) is 4.88 Å². The number of rotatable bonds is 6. The molecule has 1 unspecified atom stereocenters. The molecule has 122 valence electrons. The van der Waals surface area contributed by atoms with Gasteiger partial charge in [-0.05, 0) is 30.5 Å². The van der Waals surface area contributed by atoms with E-state index < -0.39 is 6.04 Å². The highest BCUT2D eigenvalue weighted by Crippen LogP contribution is 2.24. The maximum atomic E-state index is 12.5. The van der Waals surface area contributed by atoms with Crippen molar-refractivity contribution in [2.75, 3.05) is 7.11 Å². The summed E-state index contributed by atoms with van der Waals surface area (Å²) in [6.45, 7) is 4.08. The van der Waals surface area contributed by atoms with Crippen molar-refractivity contribution in [3.8, 4) is 0 Å². The fraction of sp³-hybridized carbons (Fsp3) is 0.333. The van der Waals surface area contributed by atoms with Crippen LogP contribution in [0.4, 0.5) is 0 Å². The van der Waals surface area contributed by atoms with E-state index in [1.807, 2.05) is 43.3 Å². The lowest BCUT2D eigenvalue weighted by Gasteiger charge is -2.17. The number of carbonyl (C=O) groups is 2. The monoisotopic (exact) mass is 331 g/mol. The summed E-state index contributed by atoms with van der Waals surface area (Å²) in [5.74, 6) is -0.508. The van der Waals surface area contributed by atoms with Crippen LogP contribution >= 0.6 is 11.3 Å². The van der Waals surface area contributed by atoms with Gasteiger partial charge >= 0.3 is 5.97 Å². The topological polar surface area (TPSA) is 55.4 Å². The number of methoxy groups -OCH3 is 1. The molecular formula is C18H21NO3S. The molecule has 0 aliphatic carbocycles. The Hall–Kier alpha value is -2.14. The lowest BCUT2D eigenvalue weighted by atomic mass is 10.0. The van der Waals surface area contributed by atoms with Crippen molar-refractivity contribution in [2.45, 2.75) is 32.7 Å². The van der Waals surface area contributed by atoms with E-state index in [0.717, 1.165) is 17.5 Å². The largest absolute Gasteiger partial charge is 0.469 e. The van der Waals surface area contributed by atoms with Gasteiger partial charge in [-0.25, -0.2) is 0 Å². The Balaban J connectivity index is 2.19. The quantitative estimate of drug-likeness (QED) is 0.822. The molecule has 0 aliphatic heterocycles. The summed E-state index contributed by atoms with van der Waals surface area (Å²) in [5.41, 5.74) is 2.02. The maximum Gasteiger partial charge on any atom is 0.307 e. The van der Waals surface area contributed by atoms with E-state index in [1.165, 1.54) is 23.3 Å². The molecule has 1 aromatic carbocycles. The van der Waals surface area contributed by atoms with Gasteiger partial charge in [0.1, 0.15) is 0 Å². The van der Waals surface area contributed by atoms with Crippen LogP contribution in [-0.4, -0.2) is 19.0 Å². The van der Waals surface area contributed by atoms with Gasteiger partial charge < -0.3 is 10.1 Å². The maximum absolute atomic E-state index is 12.5. The van der Waals surface area contributed by atoms with Crippen LogP contribution in [0.1, 0.15) is 45.1 Å². The number of hydrogen-bond acceptors (Lipinski definition) is 4. The minimum Gasteiger partial charge on any atom is -0.469 e. The van der Waals surface area contributed by atoms with Crippen molar-refractivity contribution in [3.63, 3.8) is 0 Å². The number of nitrogens with one attached hydrogen (secondary N) is 1. The summed E-state index contributed by atoms with van der Waals surface area (Å²) in [5, 5.41) is 2.95. The number of amides is 1. The number of benzene rings is 1. The SMILES string of the molecule is CCc1sc(C(=O)NC(CC(=O)OC)c2ccccc2)cc1C. The zero-order chi connectivity index (χ0) is 16.8. The fourth-order valence-electron chi connectivity index (χ4n) is 2.40. The van der Waals surface area contributed by atoms with Crippen LogP contribution in [0, 0.1) is 6.92 Å². The molecule has 0 spiro atoms. The highest BCUT2D eigenvalue weighted by Gasteiger charge is 2.21. The minimum absolute atomic E-state index is 0.108. The molecular weight excluding hydrogens is 310 g/mol. The van der Waals surface area contributed by atoms with Crippen molar-refractivity contribution < 1.29 is 14.3 Å². The first-order chi connectivity index (χ1) is 11.0. The molecule has 1 atom stereocenters. The van der Waals surface area contributed by atoms with Crippen molar-refractivity contribution in [1.82, 2.24) is 5.32 Å². The summed E-state index contributed by atoms with van der Waals surface area (Å²) in [4.78, 5) is 26.1. The van der Waals surface area contributed by atoms with E-state index in [2.05, 4.69) is 12.2 Å². The van der Waals surface area contributed by atoms with Crippen LogP contribution in [-0.2, 0) is 16.0 Å². The van der Waals surface area contributed by atoms with Gasteiger partial charge in [-0.1, -0.05) is 37.3 Å². The Morgan fingerprint density at radius 3 is 2.52 bits per heavy atom. The molecule has 1 amide bonds. The Morgan fingerprint density at radius 2 is 1.96 bits per heavy atom. The highest BCUT2D eigenvalue weighted by atomic mass is 32.1. The van der Waals surface area contributed by atoms with E-state index in [1.54, 1.807) is 0 Å². The second kappa shape index (κ2) is 7.92. The number of thiophene rings is 1. The average Bonchev–Trinajstić information content (AvgIpc) is 2.96. The first-order valence-corrected chi connectivity index (χ1v) is 8.38. The number of aryl methyl sites for hydroxylation is 2. The predicted molar refractivity (Wildman–Crippen MR) is 91.7 cm³/mol. The van der Waals surface area contributed by atoms with E-state index in [9.17, 15) is 9.59 Å². The molecule has 0 aliphatic rings. The molecule has 2 rings (SSSR count). The molecule has 1 aromatic heterocycles. The summed E-state index contributed by atoms with van der Waals surface area (Å²) in [7, 11) is 1.35. The molecule has 5 heteroatoms. The van der Waals surface area contributed by atoms with Crippen LogP contribution in [0.3, 0.4) is 0 Å². The van der Waals surface area contributed by atoms with E-state index in [-0.39, 0.29) is 18.3 Å². The summed E-state index contributed by atoms with van der Waals surface area (Å²) in [6, 6.07) is 11.0. The van der Waals surface area contributed by atoms with Gasteiger partial charge in [0.2, 0.25) is 0 Å². The second-order valence-corrected chi connectivity index (χ2v) is 6.42. The van der Waals surface area contributed by atoms with Gasteiger partial charge in [-0.3, -0.25) is 9.59 Å². The van der Waals surface area contributed by atoms with Crippen LogP contribution < -0.4 is 5.32 Å². The first-order valence-electron chi connectivity index (χ1n) is 7.57. The molecule has 0 saturated heterocycles. The van der Waals surface area contributed by atoms with Gasteiger partial charge in [0, 0.05) is 4.88 Å². The van der Waals surface area contributed by atoms with Gasteiger partial charge in [-0.2, -0.15) is 0 Å². The Morgan fingerprint density at radius 1 is 1.26 bits per heavy atom. The molecule has 1 heterocycles. The minimum atomic E-state index is -0.399. The van der Waals surface area contributed by atoms with Crippen molar-refractivity contribution in [3.05, 3.63) is 57.3 Å². The fourth-order valence-corrected chi connectivity index (χ4v) is 3.42. The number of carbonyl (C=O) groups excluding carboxylic acids is 2. The molecule has 0 bridgehead atoms. The van der Waals surface area contributed by atoms with Gasteiger partial charge in [0.05, 0.1) is 24.4 Å². The average molecular weight is 331 g/mol. The van der Waals surface area contributed by atoms with Crippen LogP contribution in [0.15, 0.2) is 36.4 Å².